The summed E-state index contributed by atoms with van der Waals surface area (Å²) in [5.74, 6) is 1.35. The van der Waals surface area contributed by atoms with Gasteiger partial charge in [-0.15, -0.1) is 0 Å². The quantitative estimate of drug-likeness (QED) is 0.855. The first-order valence-electron chi connectivity index (χ1n) is 5.90. The van der Waals surface area contributed by atoms with E-state index in [9.17, 15) is 0 Å². The number of aromatic amines is 1. The molecule has 0 bridgehead atoms. The van der Waals surface area contributed by atoms with E-state index < -0.39 is 0 Å². The lowest BCUT2D eigenvalue weighted by Gasteiger charge is -2.10. The molecule has 5 heteroatoms. The van der Waals surface area contributed by atoms with E-state index in [1.807, 2.05) is 29.7 Å². The topological polar surface area (TPSA) is 33.6 Å². The van der Waals surface area contributed by atoms with E-state index in [0.29, 0.717) is 10.7 Å². The van der Waals surface area contributed by atoms with Crippen LogP contribution >= 0.6 is 23.8 Å². The Labute approximate surface area is 117 Å². The third-order valence-electron chi connectivity index (χ3n) is 2.74. The van der Waals surface area contributed by atoms with Crippen LogP contribution in [0.5, 0.6) is 0 Å². The molecule has 18 heavy (non-hydrogen) atoms. The number of rotatable bonds is 3. The molecule has 3 nitrogen and oxygen atoms in total. The highest BCUT2D eigenvalue weighted by molar-refractivity contribution is 7.71. The zero-order chi connectivity index (χ0) is 13.3. The fraction of sp³-hybridized carbons (Fsp3) is 0.385. The fourth-order valence-electron chi connectivity index (χ4n) is 1.80. The second kappa shape index (κ2) is 5.24. The molecule has 0 aliphatic heterocycles. The van der Waals surface area contributed by atoms with Crippen LogP contribution in [-0.2, 0) is 6.54 Å². The summed E-state index contributed by atoms with van der Waals surface area (Å²) in [6, 6.07) is 5.94. The van der Waals surface area contributed by atoms with Crippen molar-refractivity contribution >= 4 is 23.8 Å². The molecule has 0 aliphatic rings. The Morgan fingerprint density at radius 2 is 2.17 bits per heavy atom. The molecular weight excluding hydrogens is 266 g/mol. The second-order valence-electron chi connectivity index (χ2n) is 4.82. The lowest BCUT2D eigenvalue weighted by atomic mass is 10.1. The zero-order valence-corrected chi connectivity index (χ0v) is 12.3. The second-order valence-corrected chi connectivity index (χ2v) is 5.61. The van der Waals surface area contributed by atoms with Gasteiger partial charge >= 0.3 is 0 Å². The van der Waals surface area contributed by atoms with Gasteiger partial charge in [0.15, 0.2) is 10.6 Å². The van der Waals surface area contributed by atoms with Crippen molar-refractivity contribution in [3.05, 3.63) is 33.6 Å². The van der Waals surface area contributed by atoms with Crippen LogP contribution in [0.2, 0.25) is 5.02 Å². The first-order chi connectivity index (χ1) is 8.49. The molecule has 2 rings (SSSR count). The summed E-state index contributed by atoms with van der Waals surface area (Å²) in [6.07, 6.45) is 0. The normalized spacial score (nSPS) is 11.2. The highest BCUT2D eigenvalue weighted by Crippen LogP contribution is 2.24. The van der Waals surface area contributed by atoms with E-state index >= 15 is 0 Å². The summed E-state index contributed by atoms with van der Waals surface area (Å²) in [6.45, 7) is 7.13. The Hall–Kier alpha value is -1.13. The van der Waals surface area contributed by atoms with Crippen LogP contribution in [0.1, 0.15) is 19.4 Å². The smallest absolute Gasteiger partial charge is 0.195 e. The van der Waals surface area contributed by atoms with Gasteiger partial charge in [0, 0.05) is 17.1 Å². The van der Waals surface area contributed by atoms with Gasteiger partial charge in [-0.25, -0.2) is 0 Å². The number of nitrogens with zero attached hydrogens (tertiary/aromatic N) is 2. The van der Waals surface area contributed by atoms with Crippen LogP contribution in [0.15, 0.2) is 18.2 Å². The van der Waals surface area contributed by atoms with Crippen LogP contribution in [-0.4, -0.2) is 14.8 Å². The largest absolute Gasteiger partial charge is 0.300 e. The molecule has 2 aromatic rings. The Balaban J connectivity index is 2.50. The van der Waals surface area contributed by atoms with Gasteiger partial charge in [0.2, 0.25) is 0 Å². The van der Waals surface area contributed by atoms with Gasteiger partial charge in [0.05, 0.1) is 0 Å². The summed E-state index contributed by atoms with van der Waals surface area (Å²) in [4.78, 5) is 0. The van der Waals surface area contributed by atoms with Crippen molar-refractivity contribution in [3.63, 3.8) is 0 Å². The van der Waals surface area contributed by atoms with E-state index in [1.54, 1.807) is 0 Å². The van der Waals surface area contributed by atoms with E-state index in [-0.39, 0.29) is 0 Å². The molecule has 0 radical (unpaired) electrons. The standard InChI is InChI=1S/C13H16ClN3S/c1-8(2)7-17-12(15-16-13(17)18)10-5-4-9(3)11(14)6-10/h4-6,8H,7H2,1-3H3,(H,16,18). The van der Waals surface area contributed by atoms with E-state index in [2.05, 4.69) is 24.0 Å². The maximum Gasteiger partial charge on any atom is 0.195 e. The Kier molecular flexibility index (Phi) is 3.88. The first-order valence-corrected chi connectivity index (χ1v) is 6.69. The highest BCUT2D eigenvalue weighted by atomic mass is 35.5. The van der Waals surface area contributed by atoms with E-state index in [0.717, 1.165) is 28.5 Å². The molecule has 0 amide bonds. The van der Waals surface area contributed by atoms with Crippen molar-refractivity contribution in [1.29, 1.82) is 0 Å². The fourth-order valence-corrected chi connectivity index (χ4v) is 2.19. The number of nitrogens with one attached hydrogen (secondary N) is 1. The number of benzene rings is 1. The Bertz CT molecular complexity index is 613. The van der Waals surface area contributed by atoms with Crippen LogP contribution in [0.4, 0.5) is 0 Å². The monoisotopic (exact) mass is 281 g/mol. The summed E-state index contributed by atoms with van der Waals surface area (Å²) < 4.78 is 2.66. The minimum Gasteiger partial charge on any atom is -0.300 e. The molecular formula is C13H16ClN3S. The predicted octanol–water partition coefficient (Wildman–Crippen LogP) is 4.23. The van der Waals surface area contributed by atoms with Crippen LogP contribution in [0, 0.1) is 17.6 Å². The molecule has 1 N–H and O–H groups in total. The molecule has 0 fully saturated rings. The minimum atomic E-state index is 0.508. The number of aromatic nitrogens is 3. The average Bonchev–Trinajstić information content (AvgIpc) is 2.64. The van der Waals surface area contributed by atoms with Crippen molar-refractivity contribution in [2.75, 3.05) is 0 Å². The molecule has 0 saturated heterocycles. The van der Waals surface area contributed by atoms with Crippen LogP contribution < -0.4 is 0 Å². The van der Waals surface area contributed by atoms with E-state index in [4.69, 9.17) is 23.8 Å². The van der Waals surface area contributed by atoms with Gasteiger partial charge in [-0.3, -0.25) is 9.67 Å². The molecule has 1 heterocycles. The number of aryl methyl sites for hydroxylation is 1. The van der Waals surface area contributed by atoms with Gasteiger partial charge in [-0.1, -0.05) is 37.6 Å². The molecule has 0 atom stereocenters. The van der Waals surface area contributed by atoms with Gasteiger partial charge in [0.25, 0.3) is 0 Å². The third-order valence-corrected chi connectivity index (χ3v) is 3.45. The maximum absolute atomic E-state index is 6.16. The van der Waals surface area contributed by atoms with Crippen molar-refractivity contribution in [3.8, 4) is 11.4 Å². The third kappa shape index (κ3) is 2.65. The molecule has 0 aliphatic carbocycles. The minimum absolute atomic E-state index is 0.508. The molecule has 0 spiro atoms. The molecule has 1 aromatic heterocycles. The van der Waals surface area contributed by atoms with Crippen molar-refractivity contribution in [2.24, 2.45) is 5.92 Å². The predicted molar refractivity (Wildman–Crippen MR) is 77.4 cm³/mol. The van der Waals surface area contributed by atoms with Crippen molar-refractivity contribution < 1.29 is 0 Å². The zero-order valence-electron chi connectivity index (χ0n) is 10.7. The average molecular weight is 282 g/mol. The molecule has 1 aromatic carbocycles. The van der Waals surface area contributed by atoms with Crippen LogP contribution in [0.25, 0.3) is 11.4 Å². The number of hydrogen-bond donors (Lipinski definition) is 1. The summed E-state index contributed by atoms with van der Waals surface area (Å²) in [5, 5.41) is 7.89. The van der Waals surface area contributed by atoms with Crippen molar-refractivity contribution in [1.82, 2.24) is 14.8 Å². The summed E-state index contributed by atoms with van der Waals surface area (Å²) in [5.41, 5.74) is 2.04. The van der Waals surface area contributed by atoms with Crippen molar-refractivity contribution in [2.45, 2.75) is 27.3 Å². The van der Waals surface area contributed by atoms with Gasteiger partial charge in [-0.05, 0) is 36.7 Å². The lowest BCUT2D eigenvalue weighted by Crippen LogP contribution is -2.06. The molecule has 96 valence electrons. The maximum atomic E-state index is 6.16. The number of H-pyrrole nitrogens is 1. The molecule has 0 unspecified atom stereocenters. The number of hydrogen-bond acceptors (Lipinski definition) is 2. The van der Waals surface area contributed by atoms with Gasteiger partial charge in [-0.2, -0.15) is 5.10 Å². The Morgan fingerprint density at radius 3 is 2.78 bits per heavy atom. The highest BCUT2D eigenvalue weighted by Gasteiger charge is 2.11. The van der Waals surface area contributed by atoms with Crippen LogP contribution in [0.3, 0.4) is 0 Å². The first kappa shape index (κ1) is 13.3. The number of halogens is 1. The van der Waals surface area contributed by atoms with Gasteiger partial charge < -0.3 is 0 Å². The Morgan fingerprint density at radius 1 is 1.44 bits per heavy atom. The summed E-state index contributed by atoms with van der Waals surface area (Å²) >= 11 is 11.4. The van der Waals surface area contributed by atoms with E-state index in [1.165, 1.54) is 0 Å². The SMILES string of the molecule is Cc1ccc(-c2n[nH]c(=S)n2CC(C)C)cc1Cl. The summed E-state index contributed by atoms with van der Waals surface area (Å²) in [7, 11) is 0. The lowest BCUT2D eigenvalue weighted by molar-refractivity contribution is 0.521. The van der Waals surface area contributed by atoms with Gasteiger partial charge in [0.1, 0.15) is 0 Å². The molecule has 0 saturated carbocycles.